The highest BCUT2D eigenvalue weighted by Crippen LogP contribution is 2.25. The zero-order valence-electron chi connectivity index (χ0n) is 13.8. The molecule has 1 aromatic heterocycles. The van der Waals surface area contributed by atoms with Crippen LogP contribution in [-0.2, 0) is 7.05 Å². The van der Waals surface area contributed by atoms with Gasteiger partial charge < -0.3 is 14.4 Å². The van der Waals surface area contributed by atoms with Crippen molar-refractivity contribution in [2.75, 3.05) is 31.1 Å². The van der Waals surface area contributed by atoms with Gasteiger partial charge >= 0.3 is 0 Å². The zero-order chi connectivity index (χ0) is 17.3. The van der Waals surface area contributed by atoms with E-state index in [9.17, 15) is 9.59 Å². The van der Waals surface area contributed by atoms with Crippen LogP contribution in [0.4, 0.5) is 5.69 Å². The van der Waals surface area contributed by atoms with E-state index >= 15 is 0 Å². The van der Waals surface area contributed by atoms with Gasteiger partial charge in [-0.25, -0.2) is 0 Å². The number of nitrogens with zero attached hydrogens (tertiary/aromatic N) is 3. The summed E-state index contributed by atoms with van der Waals surface area (Å²) in [5.41, 5.74) is 2.56. The zero-order valence-corrected chi connectivity index (χ0v) is 14.6. The monoisotopic (exact) mass is 345 g/mol. The SMILES string of the molecule is Cc1ccc(Cl)cc1N1CCN(C(=O)c2ccn(C)c(=O)c2)CC1. The minimum Gasteiger partial charge on any atom is -0.368 e. The molecule has 1 fully saturated rings. The summed E-state index contributed by atoms with van der Waals surface area (Å²) in [5.74, 6) is -0.0878. The lowest BCUT2D eigenvalue weighted by Gasteiger charge is -2.37. The molecule has 1 amide bonds. The van der Waals surface area contributed by atoms with Crippen molar-refractivity contribution in [2.45, 2.75) is 6.92 Å². The number of rotatable bonds is 2. The normalized spacial score (nSPS) is 14.8. The van der Waals surface area contributed by atoms with Gasteiger partial charge in [0.25, 0.3) is 11.5 Å². The third kappa shape index (κ3) is 3.31. The molecule has 1 aromatic carbocycles. The summed E-state index contributed by atoms with van der Waals surface area (Å²) in [6, 6.07) is 8.95. The third-order valence-corrected chi connectivity index (χ3v) is 4.67. The highest BCUT2D eigenvalue weighted by atomic mass is 35.5. The Kier molecular flexibility index (Phi) is 4.62. The third-order valence-electron chi connectivity index (χ3n) is 4.43. The van der Waals surface area contributed by atoms with Crippen LogP contribution >= 0.6 is 11.6 Å². The van der Waals surface area contributed by atoms with Gasteiger partial charge in [0.2, 0.25) is 0 Å². The second-order valence-electron chi connectivity index (χ2n) is 6.07. The van der Waals surface area contributed by atoms with Crippen molar-refractivity contribution in [2.24, 2.45) is 7.05 Å². The summed E-state index contributed by atoms with van der Waals surface area (Å²) in [6.07, 6.45) is 1.63. The number of amides is 1. The molecule has 126 valence electrons. The lowest BCUT2D eigenvalue weighted by molar-refractivity contribution is 0.0746. The van der Waals surface area contributed by atoms with Gasteiger partial charge in [-0.2, -0.15) is 0 Å². The maximum Gasteiger partial charge on any atom is 0.254 e. The summed E-state index contributed by atoms with van der Waals surface area (Å²) in [4.78, 5) is 28.3. The average molecular weight is 346 g/mol. The number of aromatic nitrogens is 1. The van der Waals surface area contributed by atoms with Gasteiger partial charge in [0.05, 0.1) is 0 Å². The number of benzene rings is 1. The molecule has 5 nitrogen and oxygen atoms in total. The van der Waals surface area contributed by atoms with Gasteiger partial charge in [-0.05, 0) is 30.7 Å². The van der Waals surface area contributed by atoms with E-state index < -0.39 is 0 Å². The van der Waals surface area contributed by atoms with Crippen molar-refractivity contribution >= 4 is 23.2 Å². The molecule has 2 heterocycles. The Labute approximate surface area is 146 Å². The lowest BCUT2D eigenvalue weighted by Crippen LogP contribution is -2.49. The number of halogens is 1. The highest BCUT2D eigenvalue weighted by Gasteiger charge is 2.23. The molecular formula is C18H20ClN3O2. The molecule has 0 atom stereocenters. The van der Waals surface area contributed by atoms with Gasteiger partial charge in [0.1, 0.15) is 0 Å². The second-order valence-corrected chi connectivity index (χ2v) is 6.51. The molecule has 0 saturated carbocycles. The summed E-state index contributed by atoms with van der Waals surface area (Å²) in [5, 5.41) is 0.717. The molecule has 0 spiro atoms. The van der Waals surface area contributed by atoms with Crippen molar-refractivity contribution in [3.63, 3.8) is 0 Å². The van der Waals surface area contributed by atoms with Crippen LogP contribution in [-0.4, -0.2) is 41.6 Å². The minimum absolute atomic E-state index is 0.0878. The fourth-order valence-corrected chi connectivity index (χ4v) is 3.10. The number of carbonyl (C=O) groups is 1. The minimum atomic E-state index is -0.172. The quantitative estimate of drug-likeness (QED) is 0.839. The Bertz CT molecular complexity index is 823. The molecule has 1 saturated heterocycles. The van der Waals surface area contributed by atoms with E-state index in [1.165, 1.54) is 16.2 Å². The molecular weight excluding hydrogens is 326 g/mol. The first-order valence-corrected chi connectivity index (χ1v) is 8.30. The van der Waals surface area contributed by atoms with Crippen LogP contribution in [0.25, 0.3) is 0 Å². The summed E-state index contributed by atoms with van der Waals surface area (Å²) < 4.78 is 1.45. The van der Waals surface area contributed by atoms with E-state index in [1.807, 2.05) is 18.2 Å². The van der Waals surface area contributed by atoms with E-state index in [0.717, 1.165) is 18.8 Å². The molecule has 3 rings (SSSR count). The number of anilines is 1. The maximum absolute atomic E-state index is 12.6. The van der Waals surface area contributed by atoms with Crippen molar-refractivity contribution in [1.82, 2.24) is 9.47 Å². The van der Waals surface area contributed by atoms with Crippen molar-refractivity contribution in [3.05, 3.63) is 63.0 Å². The number of hydrogen-bond acceptors (Lipinski definition) is 3. The van der Waals surface area contributed by atoms with Gasteiger partial charge in [0, 0.05) is 61.8 Å². The number of pyridine rings is 1. The fourth-order valence-electron chi connectivity index (χ4n) is 2.94. The Morgan fingerprint density at radius 2 is 1.79 bits per heavy atom. The lowest BCUT2D eigenvalue weighted by atomic mass is 10.1. The Balaban J connectivity index is 1.70. The number of aryl methyl sites for hydroxylation is 2. The van der Waals surface area contributed by atoms with Crippen LogP contribution in [0.15, 0.2) is 41.3 Å². The largest absolute Gasteiger partial charge is 0.368 e. The van der Waals surface area contributed by atoms with Crippen LogP contribution in [0.2, 0.25) is 5.02 Å². The summed E-state index contributed by atoms with van der Waals surface area (Å²) in [6.45, 7) is 4.80. The predicted octanol–water partition coefficient (Wildman–Crippen LogP) is 2.31. The molecule has 0 bridgehead atoms. The first kappa shape index (κ1) is 16.6. The maximum atomic E-state index is 12.6. The van der Waals surface area contributed by atoms with Gasteiger partial charge in [0.15, 0.2) is 0 Å². The van der Waals surface area contributed by atoms with E-state index in [-0.39, 0.29) is 11.5 Å². The van der Waals surface area contributed by atoms with E-state index in [2.05, 4.69) is 11.8 Å². The molecule has 24 heavy (non-hydrogen) atoms. The van der Waals surface area contributed by atoms with Gasteiger partial charge in [-0.15, -0.1) is 0 Å². The Morgan fingerprint density at radius 1 is 1.08 bits per heavy atom. The van der Waals surface area contributed by atoms with E-state index in [1.54, 1.807) is 24.2 Å². The van der Waals surface area contributed by atoms with Crippen LogP contribution in [0.3, 0.4) is 0 Å². The number of piperazine rings is 1. The summed E-state index contributed by atoms with van der Waals surface area (Å²) >= 11 is 6.10. The molecule has 0 N–H and O–H groups in total. The Hall–Kier alpha value is -2.27. The smallest absolute Gasteiger partial charge is 0.254 e. The average Bonchev–Trinajstić information content (AvgIpc) is 2.59. The van der Waals surface area contributed by atoms with E-state index in [0.29, 0.717) is 23.7 Å². The first-order valence-electron chi connectivity index (χ1n) is 7.93. The van der Waals surface area contributed by atoms with Gasteiger partial charge in [-0.1, -0.05) is 17.7 Å². The molecule has 0 unspecified atom stereocenters. The first-order chi connectivity index (χ1) is 11.5. The molecule has 0 radical (unpaired) electrons. The molecule has 1 aliphatic rings. The molecule has 2 aromatic rings. The highest BCUT2D eigenvalue weighted by molar-refractivity contribution is 6.30. The van der Waals surface area contributed by atoms with Crippen LogP contribution in [0.1, 0.15) is 15.9 Å². The number of carbonyl (C=O) groups excluding carboxylic acids is 1. The fraction of sp³-hybridized carbons (Fsp3) is 0.333. The molecule has 0 aliphatic carbocycles. The van der Waals surface area contributed by atoms with Crippen molar-refractivity contribution in [1.29, 1.82) is 0 Å². The Morgan fingerprint density at radius 3 is 2.46 bits per heavy atom. The van der Waals surface area contributed by atoms with E-state index in [4.69, 9.17) is 11.6 Å². The number of hydrogen-bond donors (Lipinski definition) is 0. The standard InChI is InChI=1S/C18H20ClN3O2/c1-13-3-4-15(19)12-16(13)21-7-9-22(10-8-21)18(24)14-5-6-20(2)17(23)11-14/h3-6,11-12H,7-10H2,1-2H3. The van der Waals surface area contributed by atoms with Crippen LogP contribution < -0.4 is 10.5 Å². The van der Waals surface area contributed by atoms with Crippen molar-refractivity contribution < 1.29 is 4.79 Å². The van der Waals surface area contributed by atoms with Crippen molar-refractivity contribution in [3.8, 4) is 0 Å². The topological polar surface area (TPSA) is 45.5 Å². The van der Waals surface area contributed by atoms with Crippen LogP contribution in [0.5, 0.6) is 0 Å². The summed E-state index contributed by atoms with van der Waals surface area (Å²) in [7, 11) is 1.67. The molecule has 6 heteroatoms. The van der Waals surface area contributed by atoms with Gasteiger partial charge in [-0.3, -0.25) is 9.59 Å². The predicted molar refractivity (Wildman–Crippen MR) is 96.0 cm³/mol. The molecule has 1 aliphatic heterocycles. The van der Waals surface area contributed by atoms with Crippen LogP contribution in [0, 0.1) is 6.92 Å². The second kappa shape index (κ2) is 6.69.